The summed E-state index contributed by atoms with van der Waals surface area (Å²) in [5, 5.41) is 8.26. The number of nitrogens with zero attached hydrogens (tertiary/aromatic N) is 1. The maximum atomic E-state index is 14.2. The lowest BCUT2D eigenvalue weighted by Gasteiger charge is -2.10. The van der Waals surface area contributed by atoms with Gasteiger partial charge < -0.3 is 4.52 Å². The molecule has 28 heavy (non-hydrogen) atoms. The molecule has 0 aliphatic rings. The van der Waals surface area contributed by atoms with Gasteiger partial charge in [0.1, 0.15) is 17.3 Å². The molecule has 3 rings (SSSR count). The van der Waals surface area contributed by atoms with Gasteiger partial charge in [0.05, 0.1) is 5.56 Å². The maximum absolute atomic E-state index is 14.2. The third-order valence-corrected chi connectivity index (χ3v) is 4.81. The first-order chi connectivity index (χ1) is 12.9. The van der Waals surface area contributed by atoms with Crippen molar-refractivity contribution in [2.24, 2.45) is 5.14 Å². The normalized spacial score (nSPS) is 12.4. The number of alkyl halides is 3. The Balaban J connectivity index is 2.34. The van der Waals surface area contributed by atoms with Gasteiger partial charge in [-0.15, -0.1) is 0 Å². The smallest absolute Gasteiger partial charge is 0.350 e. The fourth-order valence-corrected chi connectivity index (χ4v) is 3.41. The van der Waals surface area contributed by atoms with Crippen molar-refractivity contribution in [3.63, 3.8) is 0 Å². The Bertz CT molecular complexity index is 1150. The fourth-order valence-electron chi connectivity index (χ4n) is 2.56. The van der Waals surface area contributed by atoms with Crippen LogP contribution in [0.5, 0.6) is 0 Å². The Labute approximate surface area is 159 Å². The van der Waals surface area contributed by atoms with Crippen LogP contribution >= 0.6 is 11.6 Å². The Kier molecular flexibility index (Phi) is 4.94. The number of primary sulfonamides is 1. The van der Waals surface area contributed by atoms with Gasteiger partial charge in [0.25, 0.3) is 0 Å². The minimum Gasteiger partial charge on any atom is -0.350 e. The number of sulfonamides is 1. The summed E-state index contributed by atoms with van der Waals surface area (Å²) in [6, 6.07) is 6.31. The Morgan fingerprint density at radius 1 is 1.04 bits per heavy atom. The topological polar surface area (TPSA) is 86.2 Å². The summed E-state index contributed by atoms with van der Waals surface area (Å²) in [5.41, 5.74) is -1.74. The van der Waals surface area contributed by atoms with Crippen molar-refractivity contribution < 1.29 is 34.9 Å². The zero-order chi connectivity index (χ0) is 20.9. The quantitative estimate of drug-likeness (QED) is 0.605. The molecule has 2 N–H and O–H groups in total. The van der Waals surface area contributed by atoms with Crippen LogP contribution < -0.4 is 5.14 Å². The highest BCUT2D eigenvalue weighted by Gasteiger charge is 2.41. The summed E-state index contributed by atoms with van der Waals surface area (Å²) < 4.78 is 95.4. The molecule has 0 amide bonds. The SMILES string of the molecule is NS(=O)(=O)c1c(F)cc(-c2c(-c3cccc(Cl)c3)noc2C(F)(F)F)cc1F. The van der Waals surface area contributed by atoms with E-state index >= 15 is 0 Å². The van der Waals surface area contributed by atoms with Crippen molar-refractivity contribution in [2.75, 3.05) is 0 Å². The molecule has 0 atom stereocenters. The van der Waals surface area contributed by atoms with Gasteiger partial charge in [0, 0.05) is 10.6 Å². The highest BCUT2D eigenvalue weighted by Crippen LogP contribution is 2.43. The van der Waals surface area contributed by atoms with Gasteiger partial charge in [-0.1, -0.05) is 28.9 Å². The summed E-state index contributed by atoms with van der Waals surface area (Å²) >= 11 is 5.83. The first-order valence-corrected chi connectivity index (χ1v) is 9.17. The lowest BCUT2D eigenvalue weighted by Crippen LogP contribution is -2.16. The minimum absolute atomic E-state index is 0.0816. The highest BCUT2D eigenvalue weighted by molar-refractivity contribution is 7.89. The molecule has 0 spiro atoms. The number of rotatable bonds is 3. The van der Waals surface area contributed by atoms with E-state index in [0.29, 0.717) is 12.1 Å². The van der Waals surface area contributed by atoms with Gasteiger partial charge in [-0.25, -0.2) is 22.3 Å². The number of aromatic nitrogens is 1. The largest absolute Gasteiger partial charge is 0.453 e. The molecule has 1 aromatic heterocycles. The van der Waals surface area contributed by atoms with Crippen LogP contribution in [-0.4, -0.2) is 13.6 Å². The summed E-state index contributed by atoms with van der Waals surface area (Å²) in [6.07, 6.45) is -5.05. The monoisotopic (exact) mass is 438 g/mol. The summed E-state index contributed by atoms with van der Waals surface area (Å²) in [4.78, 5) is -1.47. The molecule has 0 unspecified atom stereocenters. The van der Waals surface area contributed by atoms with Crippen LogP contribution in [0.3, 0.4) is 0 Å². The van der Waals surface area contributed by atoms with Crippen LogP contribution in [0.15, 0.2) is 45.8 Å². The van der Waals surface area contributed by atoms with E-state index in [2.05, 4.69) is 9.68 Å². The molecule has 148 valence electrons. The average molecular weight is 439 g/mol. The predicted molar refractivity (Wildman–Crippen MR) is 88.7 cm³/mol. The van der Waals surface area contributed by atoms with E-state index in [0.717, 1.165) is 0 Å². The molecule has 1 heterocycles. The molecule has 0 saturated heterocycles. The predicted octanol–water partition coefficient (Wildman–Crippen LogP) is 4.61. The molecule has 0 saturated carbocycles. The molecule has 5 nitrogen and oxygen atoms in total. The summed E-state index contributed by atoms with van der Waals surface area (Å²) in [5.74, 6) is -4.95. The molecular weight excluding hydrogens is 431 g/mol. The van der Waals surface area contributed by atoms with E-state index in [-0.39, 0.29) is 10.6 Å². The van der Waals surface area contributed by atoms with Crippen molar-refractivity contribution >= 4 is 21.6 Å². The van der Waals surface area contributed by atoms with E-state index in [1.54, 1.807) is 0 Å². The summed E-state index contributed by atoms with van der Waals surface area (Å²) in [6.45, 7) is 0. The lowest BCUT2D eigenvalue weighted by molar-refractivity contribution is -0.154. The third-order valence-electron chi connectivity index (χ3n) is 3.62. The number of hydrogen-bond donors (Lipinski definition) is 1. The fraction of sp³-hybridized carbons (Fsp3) is 0.0625. The van der Waals surface area contributed by atoms with Gasteiger partial charge in [-0.3, -0.25) is 0 Å². The molecule has 0 fully saturated rings. The van der Waals surface area contributed by atoms with Crippen LogP contribution in [0.25, 0.3) is 22.4 Å². The second-order valence-corrected chi connectivity index (χ2v) is 7.49. The van der Waals surface area contributed by atoms with Crippen molar-refractivity contribution in [1.29, 1.82) is 0 Å². The molecule has 3 aromatic rings. The zero-order valence-electron chi connectivity index (χ0n) is 13.4. The molecule has 0 aliphatic heterocycles. The maximum Gasteiger partial charge on any atom is 0.453 e. The van der Waals surface area contributed by atoms with Gasteiger partial charge in [-0.2, -0.15) is 13.2 Å². The number of halogens is 6. The van der Waals surface area contributed by atoms with Crippen molar-refractivity contribution in [2.45, 2.75) is 11.1 Å². The standard InChI is InChI=1S/C16H8ClF5N2O3S/c17-9-3-1-2-7(4-9)13-12(15(27-24-13)16(20,21)22)8-5-10(18)14(11(19)6-8)28(23,25)26/h1-6H,(H2,23,25,26). The third kappa shape index (κ3) is 3.73. The Morgan fingerprint density at radius 2 is 1.64 bits per heavy atom. The first kappa shape index (κ1) is 20.2. The Hall–Kier alpha value is -2.50. The van der Waals surface area contributed by atoms with Crippen LogP contribution in [0.4, 0.5) is 22.0 Å². The van der Waals surface area contributed by atoms with Crippen LogP contribution in [0, 0.1) is 11.6 Å². The van der Waals surface area contributed by atoms with Gasteiger partial charge in [0.2, 0.25) is 15.8 Å². The van der Waals surface area contributed by atoms with Crippen LogP contribution in [0.2, 0.25) is 5.02 Å². The van der Waals surface area contributed by atoms with E-state index in [1.807, 2.05) is 0 Å². The highest BCUT2D eigenvalue weighted by atomic mass is 35.5. The lowest BCUT2D eigenvalue weighted by atomic mass is 9.98. The molecule has 0 bridgehead atoms. The first-order valence-electron chi connectivity index (χ1n) is 7.24. The number of hydrogen-bond acceptors (Lipinski definition) is 4. The van der Waals surface area contributed by atoms with Crippen molar-refractivity contribution in [1.82, 2.24) is 5.16 Å². The molecule has 0 radical (unpaired) electrons. The average Bonchev–Trinajstić information content (AvgIpc) is 2.97. The van der Waals surface area contributed by atoms with Gasteiger partial charge in [-0.05, 0) is 29.8 Å². The molecular formula is C16H8ClF5N2O3S. The van der Waals surface area contributed by atoms with Crippen molar-refractivity contribution in [3.8, 4) is 22.4 Å². The second kappa shape index (κ2) is 6.83. The van der Waals surface area contributed by atoms with E-state index in [9.17, 15) is 30.4 Å². The van der Waals surface area contributed by atoms with Crippen LogP contribution in [-0.2, 0) is 16.2 Å². The zero-order valence-corrected chi connectivity index (χ0v) is 15.0. The Morgan fingerprint density at radius 3 is 2.14 bits per heavy atom. The van der Waals surface area contributed by atoms with Crippen LogP contribution in [0.1, 0.15) is 5.76 Å². The number of benzene rings is 2. The van der Waals surface area contributed by atoms with E-state index in [1.165, 1.54) is 24.3 Å². The minimum atomic E-state index is -5.05. The molecule has 0 aliphatic carbocycles. The second-order valence-electron chi connectivity index (χ2n) is 5.56. The van der Waals surface area contributed by atoms with E-state index < -0.39 is 55.3 Å². The van der Waals surface area contributed by atoms with Gasteiger partial charge >= 0.3 is 6.18 Å². The van der Waals surface area contributed by atoms with E-state index in [4.69, 9.17) is 16.7 Å². The van der Waals surface area contributed by atoms with Gasteiger partial charge in [0.15, 0.2) is 4.90 Å². The number of nitrogens with two attached hydrogens (primary N) is 1. The summed E-state index contributed by atoms with van der Waals surface area (Å²) in [7, 11) is -4.78. The van der Waals surface area contributed by atoms with Crippen molar-refractivity contribution in [3.05, 3.63) is 58.8 Å². The molecule has 12 heteroatoms. The molecule has 2 aromatic carbocycles.